The minimum absolute atomic E-state index is 0.627. The molecule has 3 heteroatoms. The second-order valence-electron chi connectivity index (χ2n) is 5.65. The molecule has 2 nitrogen and oxygen atoms in total. The quantitative estimate of drug-likeness (QED) is 0.814. The van der Waals surface area contributed by atoms with E-state index in [1.54, 1.807) is 4.88 Å². The van der Waals surface area contributed by atoms with Crippen LogP contribution < -0.4 is 5.32 Å². The van der Waals surface area contributed by atoms with Crippen molar-refractivity contribution in [3.05, 3.63) is 22.4 Å². The lowest BCUT2D eigenvalue weighted by molar-refractivity contribution is 0.151. The topological polar surface area (TPSA) is 15.3 Å². The van der Waals surface area contributed by atoms with Gasteiger partial charge in [-0.15, -0.1) is 11.3 Å². The molecule has 108 valence electrons. The number of nitrogens with zero attached hydrogens (tertiary/aromatic N) is 1. The first kappa shape index (κ1) is 15.0. The zero-order chi connectivity index (χ0) is 13.5. The van der Waals surface area contributed by atoms with Crippen LogP contribution in [0.25, 0.3) is 0 Å². The van der Waals surface area contributed by atoms with Crippen LogP contribution >= 0.6 is 11.3 Å². The molecule has 0 bridgehead atoms. The molecule has 2 heterocycles. The molecule has 1 N–H and O–H groups in total. The minimum Gasteiger partial charge on any atom is -0.316 e. The van der Waals surface area contributed by atoms with Gasteiger partial charge in [0.15, 0.2) is 0 Å². The fourth-order valence-electron chi connectivity index (χ4n) is 3.19. The van der Waals surface area contributed by atoms with Crippen LogP contribution in [0.1, 0.15) is 50.4 Å². The normalized spacial score (nSPS) is 21.7. The van der Waals surface area contributed by atoms with Gasteiger partial charge in [-0.2, -0.15) is 0 Å². The van der Waals surface area contributed by atoms with Crippen molar-refractivity contribution in [3.8, 4) is 0 Å². The van der Waals surface area contributed by atoms with Gasteiger partial charge in [0.05, 0.1) is 0 Å². The van der Waals surface area contributed by atoms with E-state index in [9.17, 15) is 0 Å². The number of rotatable bonds is 7. The summed E-state index contributed by atoms with van der Waals surface area (Å²) < 4.78 is 0. The van der Waals surface area contributed by atoms with Crippen molar-refractivity contribution >= 4 is 11.3 Å². The molecule has 0 spiro atoms. The smallest absolute Gasteiger partial charge is 0.0439 e. The summed E-state index contributed by atoms with van der Waals surface area (Å²) >= 11 is 1.91. The molecule has 0 aromatic carbocycles. The molecule has 0 aliphatic carbocycles. The Morgan fingerprint density at radius 2 is 2.37 bits per heavy atom. The van der Waals surface area contributed by atoms with Gasteiger partial charge in [-0.1, -0.05) is 19.9 Å². The van der Waals surface area contributed by atoms with Crippen LogP contribution in [0.2, 0.25) is 0 Å². The van der Waals surface area contributed by atoms with Gasteiger partial charge in [-0.05, 0) is 62.7 Å². The third-order valence-corrected chi connectivity index (χ3v) is 5.08. The summed E-state index contributed by atoms with van der Waals surface area (Å²) in [5.74, 6) is 0.842. The Labute approximate surface area is 122 Å². The van der Waals surface area contributed by atoms with Crippen LogP contribution in [0.3, 0.4) is 0 Å². The van der Waals surface area contributed by atoms with Gasteiger partial charge in [0.2, 0.25) is 0 Å². The van der Waals surface area contributed by atoms with E-state index in [2.05, 4.69) is 41.6 Å². The molecule has 2 rings (SSSR count). The SMILES string of the molecule is CCCN(CC1CCCNC1)C(CC)c1cccs1. The Bertz CT molecular complexity index is 331. The predicted octanol–water partition coefficient (Wildman–Crippen LogP) is 3.91. The van der Waals surface area contributed by atoms with Crippen LogP contribution in [0.4, 0.5) is 0 Å². The standard InChI is InChI=1S/C16H28N2S/c1-3-10-18(13-14-7-5-9-17-12-14)15(4-2)16-8-6-11-19-16/h6,8,11,14-15,17H,3-5,7,9-10,12-13H2,1-2H3. The maximum atomic E-state index is 3.55. The summed E-state index contributed by atoms with van der Waals surface area (Å²) in [6.45, 7) is 9.54. The van der Waals surface area contributed by atoms with E-state index in [4.69, 9.17) is 0 Å². The van der Waals surface area contributed by atoms with Crippen molar-refractivity contribution in [2.45, 2.75) is 45.6 Å². The van der Waals surface area contributed by atoms with E-state index in [-0.39, 0.29) is 0 Å². The van der Waals surface area contributed by atoms with Gasteiger partial charge in [-0.3, -0.25) is 4.90 Å². The first-order chi connectivity index (χ1) is 9.35. The summed E-state index contributed by atoms with van der Waals surface area (Å²) in [6.07, 6.45) is 5.22. The van der Waals surface area contributed by atoms with Crippen molar-refractivity contribution in [2.24, 2.45) is 5.92 Å². The van der Waals surface area contributed by atoms with Crippen molar-refractivity contribution in [3.63, 3.8) is 0 Å². The summed E-state index contributed by atoms with van der Waals surface area (Å²) in [5, 5.41) is 5.76. The van der Waals surface area contributed by atoms with Crippen molar-refractivity contribution in [1.82, 2.24) is 10.2 Å². The Morgan fingerprint density at radius 1 is 1.47 bits per heavy atom. The maximum absolute atomic E-state index is 3.55. The average molecular weight is 280 g/mol. The Balaban J connectivity index is 2.00. The molecule has 1 saturated heterocycles. The highest BCUT2D eigenvalue weighted by molar-refractivity contribution is 7.10. The molecule has 1 aliphatic rings. The second-order valence-corrected chi connectivity index (χ2v) is 6.63. The van der Waals surface area contributed by atoms with E-state index in [0.29, 0.717) is 6.04 Å². The molecule has 2 atom stereocenters. The molecule has 1 fully saturated rings. The Hall–Kier alpha value is -0.380. The Morgan fingerprint density at radius 3 is 2.95 bits per heavy atom. The molecule has 2 unspecified atom stereocenters. The first-order valence-electron chi connectivity index (χ1n) is 7.83. The fourth-order valence-corrected chi connectivity index (χ4v) is 4.14. The molecule has 19 heavy (non-hydrogen) atoms. The van der Waals surface area contributed by atoms with E-state index in [1.807, 2.05) is 11.3 Å². The number of hydrogen-bond acceptors (Lipinski definition) is 3. The third kappa shape index (κ3) is 4.30. The van der Waals surface area contributed by atoms with Gasteiger partial charge in [-0.25, -0.2) is 0 Å². The third-order valence-electron chi connectivity index (χ3n) is 4.10. The van der Waals surface area contributed by atoms with Crippen molar-refractivity contribution in [2.75, 3.05) is 26.2 Å². The van der Waals surface area contributed by atoms with E-state index in [1.165, 1.54) is 51.9 Å². The maximum Gasteiger partial charge on any atom is 0.0439 e. The van der Waals surface area contributed by atoms with Crippen LogP contribution in [-0.2, 0) is 0 Å². The lowest BCUT2D eigenvalue weighted by atomic mass is 9.97. The highest BCUT2D eigenvalue weighted by atomic mass is 32.1. The van der Waals surface area contributed by atoms with Crippen LogP contribution in [0.15, 0.2) is 17.5 Å². The van der Waals surface area contributed by atoms with Crippen LogP contribution in [0.5, 0.6) is 0 Å². The van der Waals surface area contributed by atoms with E-state index in [0.717, 1.165) is 5.92 Å². The molecular formula is C16H28N2S. The second kappa shape index (κ2) is 8.03. The van der Waals surface area contributed by atoms with Gasteiger partial charge < -0.3 is 5.32 Å². The lowest BCUT2D eigenvalue weighted by Crippen LogP contribution is -2.40. The zero-order valence-electron chi connectivity index (χ0n) is 12.4. The molecule has 0 radical (unpaired) electrons. The first-order valence-corrected chi connectivity index (χ1v) is 8.71. The minimum atomic E-state index is 0.627. The summed E-state index contributed by atoms with van der Waals surface area (Å²) in [5.41, 5.74) is 0. The van der Waals surface area contributed by atoms with Crippen molar-refractivity contribution < 1.29 is 0 Å². The number of thiophene rings is 1. The molecule has 1 aromatic heterocycles. The molecule has 0 amide bonds. The van der Waals surface area contributed by atoms with Gasteiger partial charge >= 0.3 is 0 Å². The van der Waals surface area contributed by atoms with Crippen molar-refractivity contribution in [1.29, 1.82) is 0 Å². The predicted molar refractivity (Wildman–Crippen MR) is 84.8 cm³/mol. The van der Waals surface area contributed by atoms with E-state index >= 15 is 0 Å². The zero-order valence-corrected chi connectivity index (χ0v) is 13.2. The van der Waals surface area contributed by atoms with Crippen LogP contribution in [-0.4, -0.2) is 31.1 Å². The molecule has 1 aromatic rings. The number of hydrogen-bond donors (Lipinski definition) is 1. The lowest BCUT2D eigenvalue weighted by Gasteiger charge is -2.35. The Kier molecular flexibility index (Phi) is 6.35. The average Bonchev–Trinajstić information content (AvgIpc) is 2.95. The molecular weight excluding hydrogens is 252 g/mol. The molecule has 0 saturated carbocycles. The highest BCUT2D eigenvalue weighted by Crippen LogP contribution is 2.29. The fraction of sp³-hybridized carbons (Fsp3) is 0.750. The van der Waals surface area contributed by atoms with E-state index < -0.39 is 0 Å². The summed E-state index contributed by atoms with van der Waals surface area (Å²) in [6, 6.07) is 5.12. The monoisotopic (exact) mass is 280 g/mol. The number of piperidine rings is 1. The largest absolute Gasteiger partial charge is 0.316 e. The summed E-state index contributed by atoms with van der Waals surface area (Å²) in [7, 11) is 0. The molecule has 1 aliphatic heterocycles. The number of nitrogens with one attached hydrogen (secondary N) is 1. The van der Waals surface area contributed by atoms with Gasteiger partial charge in [0, 0.05) is 17.5 Å². The van der Waals surface area contributed by atoms with Crippen LogP contribution in [0, 0.1) is 5.92 Å². The highest BCUT2D eigenvalue weighted by Gasteiger charge is 2.23. The van der Waals surface area contributed by atoms with Gasteiger partial charge in [0.25, 0.3) is 0 Å². The van der Waals surface area contributed by atoms with Gasteiger partial charge in [0.1, 0.15) is 0 Å². The summed E-state index contributed by atoms with van der Waals surface area (Å²) in [4.78, 5) is 4.27.